The quantitative estimate of drug-likeness (QED) is 0.871. The second-order valence-corrected chi connectivity index (χ2v) is 4.84. The molecule has 0 radical (unpaired) electrons. The predicted molar refractivity (Wildman–Crippen MR) is 69.8 cm³/mol. The first-order chi connectivity index (χ1) is 8.15. The van der Waals surface area contributed by atoms with Crippen molar-refractivity contribution in [2.45, 2.75) is 45.3 Å². The van der Waals surface area contributed by atoms with Gasteiger partial charge < -0.3 is 10.5 Å². The minimum atomic E-state index is 0.181. The number of pyridine rings is 1. The van der Waals surface area contributed by atoms with E-state index >= 15 is 0 Å². The summed E-state index contributed by atoms with van der Waals surface area (Å²) in [6.45, 7) is 4.04. The molecule has 1 atom stereocenters. The molecule has 0 fully saturated rings. The van der Waals surface area contributed by atoms with Crippen LogP contribution in [0.2, 0.25) is 0 Å². The molecule has 1 aliphatic carbocycles. The molecule has 0 saturated carbocycles. The maximum Gasteiger partial charge on any atom is 0.138 e. The van der Waals surface area contributed by atoms with E-state index in [1.165, 1.54) is 5.57 Å². The zero-order valence-electron chi connectivity index (χ0n) is 10.5. The van der Waals surface area contributed by atoms with Crippen LogP contribution in [0.25, 0.3) is 5.57 Å². The average molecular weight is 232 g/mol. The molecule has 1 aromatic heterocycles. The van der Waals surface area contributed by atoms with E-state index in [0.717, 1.165) is 30.6 Å². The number of allylic oxidation sites excluding steroid dienone is 1. The van der Waals surface area contributed by atoms with Gasteiger partial charge in [-0.3, -0.25) is 4.98 Å². The Labute approximate surface area is 103 Å². The second-order valence-electron chi connectivity index (χ2n) is 4.84. The summed E-state index contributed by atoms with van der Waals surface area (Å²) < 4.78 is 5.65. The summed E-state index contributed by atoms with van der Waals surface area (Å²) in [5.74, 6) is 0.841. The van der Waals surface area contributed by atoms with Crippen molar-refractivity contribution in [3.8, 4) is 5.75 Å². The fourth-order valence-corrected chi connectivity index (χ4v) is 2.05. The molecule has 0 amide bonds. The molecular formula is C14H20N2O. The fourth-order valence-electron chi connectivity index (χ4n) is 2.05. The van der Waals surface area contributed by atoms with E-state index in [0.29, 0.717) is 6.04 Å². The molecule has 0 aromatic carbocycles. The third-order valence-electron chi connectivity index (χ3n) is 2.91. The van der Waals surface area contributed by atoms with Crippen molar-refractivity contribution < 1.29 is 4.74 Å². The molecule has 92 valence electrons. The van der Waals surface area contributed by atoms with Crippen molar-refractivity contribution in [3.05, 3.63) is 30.1 Å². The van der Waals surface area contributed by atoms with Crippen LogP contribution in [0, 0.1) is 0 Å². The molecule has 1 aromatic rings. The van der Waals surface area contributed by atoms with Gasteiger partial charge >= 0.3 is 0 Å². The van der Waals surface area contributed by atoms with E-state index in [1.807, 2.05) is 20.0 Å². The first kappa shape index (κ1) is 12.1. The number of hydrogen-bond acceptors (Lipinski definition) is 3. The van der Waals surface area contributed by atoms with Gasteiger partial charge in [0, 0.05) is 12.2 Å². The Balaban J connectivity index is 2.16. The van der Waals surface area contributed by atoms with E-state index < -0.39 is 0 Å². The fraction of sp³-hybridized carbons (Fsp3) is 0.500. The van der Waals surface area contributed by atoms with Gasteiger partial charge in [-0.2, -0.15) is 0 Å². The number of hydrogen-bond donors (Lipinski definition) is 1. The van der Waals surface area contributed by atoms with Crippen molar-refractivity contribution in [2.24, 2.45) is 5.73 Å². The molecular weight excluding hydrogens is 212 g/mol. The molecule has 3 heteroatoms. The Bertz CT molecular complexity index is 412. The molecule has 1 heterocycles. The van der Waals surface area contributed by atoms with Crippen LogP contribution < -0.4 is 10.5 Å². The zero-order valence-corrected chi connectivity index (χ0v) is 10.5. The SMILES string of the molecule is CC(C)Oc1cncc(C2=CCC(N)CC2)c1. The Morgan fingerprint density at radius 1 is 1.41 bits per heavy atom. The first-order valence-electron chi connectivity index (χ1n) is 6.22. The molecule has 0 bridgehead atoms. The van der Waals surface area contributed by atoms with Crippen LogP contribution in [0.1, 0.15) is 38.7 Å². The van der Waals surface area contributed by atoms with E-state index in [1.54, 1.807) is 6.20 Å². The number of nitrogens with zero attached hydrogens (tertiary/aromatic N) is 1. The Morgan fingerprint density at radius 3 is 2.88 bits per heavy atom. The molecule has 17 heavy (non-hydrogen) atoms. The number of aromatic nitrogens is 1. The van der Waals surface area contributed by atoms with Crippen molar-refractivity contribution in [2.75, 3.05) is 0 Å². The molecule has 0 saturated heterocycles. The summed E-state index contributed by atoms with van der Waals surface area (Å²) in [5, 5.41) is 0. The minimum Gasteiger partial charge on any atom is -0.489 e. The predicted octanol–water partition coefficient (Wildman–Crippen LogP) is 2.76. The van der Waals surface area contributed by atoms with Crippen molar-refractivity contribution in [3.63, 3.8) is 0 Å². The molecule has 0 aliphatic heterocycles. The maximum absolute atomic E-state index is 5.89. The van der Waals surface area contributed by atoms with Gasteiger partial charge in [0.05, 0.1) is 12.3 Å². The Hall–Kier alpha value is -1.35. The molecule has 0 spiro atoms. The maximum atomic E-state index is 5.89. The van der Waals surface area contributed by atoms with Crippen molar-refractivity contribution >= 4 is 5.57 Å². The van der Waals surface area contributed by atoms with Crippen molar-refractivity contribution in [1.29, 1.82) is 0 Å². The third kappa shape index (κ3) is 3.30. The summed E-state index contributed by atoms with van der Waals surface area (Å²) in [6.07, 6.45) is 9.12. The number of nitrogens with two attached hydrogens (primary N) is 1. The van der Waals surface area contributed by atoms with Gasteiger partial charge in [0.2, 0.25) is 0 Å². The summed E-state index contributed by atoms with van der Waals surface area (Å²) in [7, 11) is 0. The van der Waals surface area contributed by atoms with Crippen LogP contribution in [0.3, 0.4) is 0 Å². The number of ether oxygens (including phenoxy) is 1. The zero-order chi connectivity index (χ0) is 12.3. The third-order valence-corrected chi connectivity index (χ3v) is 2.91. The van der Waals surface area contributed by atoms with E-state index in [9.17, 15) is 0 Å². The lowest BCUT2D eigenvalue weighted by Crippen LogP contribution is -2.21. The molecule has 3 nitrogen and oxygen atoms in total. The van der Waals surface area contributed by atoms with Crippen LogP contribution in [-0.2, 0) is 0 Å². The summed E-state index contributed by atoms with van der Waals surface area (Å²) in [6, 6.07) is 2.39. The van der Waals surface area contributed by atoms with Crippen molar-refractivity contribution in [1.82, 2.24) is 4.98 Å². The van der Waals surface area contributed by atoms with Crippen LogP contribution in [0.5, 0.6) is 5.75 Å². The topological polar surface area (TPSA) is 48.1 Å². The summed E-state index contributed by atoms with van der Waals surface area (Å²) >= 11 is 0. The van der Waals surface area contributed by atoms with Gasteiger partial charge in [0.15, 0.2) is 0 Å². The number of rotatable bonds is 3. The average Bonchev–Trinajstić information content (AvgIpc) is 2.29. The Morgan fingerprint density at radius 2 is 2.24 bits per heavy atom. The summed E-state index contributed by atoms with van der Waals surface area (Å²) in [4.78, 5) is 4.23. The van der Waals surface area contributed by atoms with E-state index in [4.69, 9.17) is 10.5 Å². The highest BCUT2D eigenvalue weighted by molar-refractivity contribution is 5.66. The highest BCUT2D eigenvalue weighted by Crippen LogP contribution is 2.27. The molecule has 2 N–H and O–H groups in total. The summed E-state index contributed by atoms with van der Waals surface area (Å²) in [5.41, 5.74) is 8.39. The van der Waals surface area contributed by atoms with Gasteiger partial charge in [-0.15, -0.1) is 0 Å². The first-order valence-corrected chi connectivity index (χ1v) is 6.22. The second kappa shape index (κ2) is 5.32. The van der Waals surface area contributed by atoms with E-state index in [-0.39, 0.29) is 6.10 Å². The lowest BCUT2D eigenvalue weighted by Gasteiger charge is -2.18. The minimum absolute atomic E-state index is 0.181. The lowest BCUT2D eigenvalue weighted by atomic mass is 9.92. The normalized spacial score (nSPS) is 20.2. The highest BCUT2D eigenvalue weighted by Gasteiger charge is 2.12. The molecule has 1 unspecified atom stereocenters. The van der Waals surface area contributed by atoms with Gasteiger partial charge in [0.1, 0.15) is 5.75 Å². The van der Waals surface area contributed by atoms with Gasteiger partial charge in [-0.1, -0.05) is 6.08 Å². The van der Waals surface area contributed by atoms with Gasteiger partial charge in [0.25, 0.3) is 0 Å². The standard InChI is InChI=1S/C14H20N2O/c1-10(2)17-14-7-12(8-16-9-14)11-3-5-13(15)6-4-11/h3,7-10,13H,4-6,15H2,1-2H3. The van der Waals surface area contributed by atoms with Crippen LogP contribution >= 0.6 is 0 Å². The van der Waals surface area contributed by atoms with E-state index in [2.05, 4.69) is 17.1 Å². The van der Waals surface area contributed by atoms with Crippen LogP contribution in [-0.4, -0.2) is 17.1 Å². The van der Waals surface area contributed by atoms with Gasteiger partial charge in [-0.05, 0) is 50.3 Å². The smallest absolute Gasteiger partial charge is 0.138 e. The largest absolute Gasteiger partial charge is 0.489 e. The van der Waals surface area contributed by atoms with Crippen LogP contribution in [0.15, 0.2) is 24.5 Å². The Kier molecular flexibility index (Phi) is 3.79. The van der Waals surface area contributed by atoms with Crippen LogP contribution in [0.4, 0.5) is 0 Å². The lowest BCUT2D eigenvalue weighted by molar-refractivity contribution is 0.241. The molecule has 2 rings (SSSR count). The molecule has 1 aliphatic rings. The van der Waals surface area contributed by atoms with Gasteiger partial charge in [-0.25, -0.2) is 0 Å². The highest BCUT2D eigenvalue weighted by atomic mass is 16.5. The monoisotopic (exact) mass is 232 g/mol.